The Kier molecular flexibility index (Phi) is 5.41. The van der Waals surface area contributed by atoms with Crippen LogP contribution in [0.1, 0.15) is 27.8 Å². The molecule has 1 aromatic heterocycles. The van der Waals surface area contributed by atoms with Crippen LogP contribution in [-0.4, -0.2) is 29.4 Å². The first-order chi connectivity index (χ1) is 13.3. The average Bonchev–Trinajstić information content (AvgIpc) is 3.13. The summed E-state index contributed by atoms with van der Waals surface area (Å²) in [7, 11) is 0. The second-order valence-electron chi connectivity index (χ2n) is 6.31. The number of amides is 2. The van der Waals surface area contributed by atoms with Crippen molar-refractivity contribution in [2.45, 2.75) is 18.9 Å². The molecule has 6 nitrogen and oxygen atoms in total. The smallest absolute Gasteiger partial charge is 0.321 e. The molecule has 1 aliphatic rings. The molecule has 0 spiro atoms. The number of hydrogen-bond acceptors (Lipinski definition) is 5. The van der Waals surface area contributed by atoms with E-state index in [1.165, 1.54) is 16.9 Å². The highest BCUT2D eigenvalue weighted by Crippen LogP contribution is 2.26. The van der Waals surface area contributed by atoms with Gasteiger partial charge in [0.15, 0.2) is 0 Å². The number of nitrogens with zero attached hydrogens (tertiary/aromatic N) is 2. The highest BCUT2D eigenvalue weighted by molar-refractivity contribution is 7.15. The second kappa shape index (κ2) is 8.28. The highest BCUT2D eigenvalue weighted by atomic mass is 32.1. The van der Waals surface area contributed by atoms with Crippen LogP contribution in [0.3, 0.4) is 0 Å². The van der Waals surface area contributed by atoms with Gasteiger partial charge in [-0.25, -0.2) is 4.79 Å². The van der Waals surface area contributed by atoms with Gasteiger partial charge in [-0.15, -0.1) is 10.2 Å². The van der Waals surface area contributed by atoms with Gasteiger partial charge < -0.3 is 10.1 Å². The monoisotopic (exact) mass is 380 g/mol. The number of carbonyl (C=O) groups is 1. The van der Waals surface area contributed by atoms with Gasteiger partial charge in [-0.3, -0.25) is 5.32 Å². The summed E-state index contributed by atoms with van der Waals surface area (Å²) >= 11 is 1.38. The highest BCUT2D eigenvalue weighted by Gasteiger charge is 2.21. The minimum Gasteiger partial charge on any atom is -0.371 e. The van der Waals surface area contributed by atoms with Crippen molar-refractivity contribution in [1.29, 1.82) is 0 Å². The normalized spacial score (nSPS) is 15.8. The lowest BCUT2D eigenvalue weighted by Gasteiger charge is -2.26. The van der Waals surface area contributed by atoms with Gasteiger partial charge in [-0.1, -0.05) is 65.9 Å². The molecule has 0 saturated carbocycles. The molecule has 3 aromatic rings. The molecule has 4 rings (SSSR count). The fraction of sp³-hybridized carbons (Fsp3) is 0.250. The number of anilines is 1. The Morgan fingerprint density at radius 1 is 1.11 bits per heavy atom. The van der Waals surface area contributed by atoms with Crippen molar-refractivity contribution < 1.29 is 9.53 Å². The summed E-state index contributed by atoms with van der Waals surface area (Å²) in [5, 5.41) is 15.2. The van der Waals surface area contributed by atoms with Gasteiger partial charge in [-0.05, 0) is 23.1 Å². The van der Waals surface area contributed by atoms with Crippen LogP contribution >= 0.6 is 11.3 Å². The Hall–Kier alpha value is -2.77. The topological polar surface area (TPSA) is 76.1 Å². The average molecular weight is 380 g/mol. The minimum absolute atomic E-state index is 0.122. The quantitative estimate of drug-likeness (QED) is 0.710. The van der Waals surface area contributed by atoms with Gasteiger partial charge in [0, 0.05) is 13.0 Å². The molecule has 27 heavy (non-hydrogen) atoms. The van der Waals surface area contributed by atoms with Gasteiger partial charge in [-0.2, -0.15) is 0 Å². The number of urea groups is 1. The van der Waals surface area contributed by atoms with Gasteiger partial charge in [0.1, 0.15) is 11.1 Å². The molecule has 138 valence electrons. The maximum Gasteiger partial charge on any atom is 0.321 e. The summed E-state index contributed by atoms with van der Waals surface area (Å²) in [6.45, 7) is 1.09. The number of hydrogen-bond donors (Lipinski definition) is 2. The molecule has 0 aliphatic carbocycles. The van der Waals surface area contributed by atoms with E-state index < -0.39 is 0 Å². The molecule has 0 unspecified atom stereocenters. The standard InChI is InChI=1S/C20H20N4O2S/c25-19(21-13-17-16-9-5-4-8-15(16)10-11-26-17)22-20-24-23-18(27-20)12-14-6-2-1-3-7-14/h1-9,17H,10-13H2,(H2,21,22,24,25)/t17-/m1/s1. The van der Waals surface area contributed by atoms with Crippen LogP contribution in [0.25, 0.3) is 0 Å². The summed E-state index contributed by atoms with van der Waals surface area (Å²) in [6.07, 6.45) is 1.49. The van der Waals surface area contributed by atoms with E-state index in [9.17, 15) is 4.79 Å². The predicted octanol–water partition coefficient (Wildman–Crippen LogP) is 3.56. The zero-order valence-corrected chi connectivity index (χ0v) is 15.5. The summed E-state index contributed by atoms with van der Waals surface area (Å²) in [4.78, 5) is 12.2. The Labute approximate surface area is 161 Å². The maximum atomic E-state index is 12.2. The zero-order chi connectivity index (χ0) is 18.5. The number of carbonyl (C=O) groups excluding carboxylic acids is 1. The first kappa shape index (κ1) is 17.6. The number of nitrogens with one attached hydrogen (secondary N) is 2. The van der Waals surface area contributed by atoms with Crippen molar-refractivity contribution in [3.05, 3.63) is 76.3 Å². The number of benzene rings is 2. The van der Waals surface area contributed by atoms with Crippen LogP contribution in [0, 0.1) is 0 Å². The van der Waals surface area contributed by atoms with E-state index in [0.29, 0.717) is 24.7 Å². The predicted molar refractivity (Wildman–Crippen MR) is 105 cm³/mol. The van der Waals surface area contributed by atoms with E-state index in [4.69, 9.17) is 4.74 Å². The van der Waals surface area contributed by atoms with Gasteiger partial charge in [0.25, 0.3) is 0 Å². The lowest BCUT2D eigenvalue weighted by atomic mass is 9.98. The summed E-state index contributed by atoms with van der Waals surface area (Å²) in [5.41, 5.74) is 3.59. The first-order valence-corrected chi connectivity index (χ1v) is 9.70. The van der Waals surface area contributed by atoms with Crippen molar-refractivity contribution in [2.75, 3.05) is 18.5 Å². The van der Waals surface area contributed by atoms with E-state index in [0.717, 1.165) is 22.6 Å². The van der Waals surface area contributed by atoms with Crippen LogP contribution in [0.2, 0.25) is 0 Å². The molecular weight excluding hydrogens is 360 g/mol. The summed E-state index contributed by atoms with van der Waals surface area (Å²) in [5.74, 6) is 0. The van der Waals surface area contributed by atoms with Gasteiger partial charge in [0.2, 0.25) is 5.13 Å². The molecule has 2 N–H and O–H groups in total. The molecular formula is C20H20N4O2S. The van der Waals surface area contributed by atoms with E-state index >= 15 is 0 Å². The number of aromatic nitrogens is 2. The molecule has 1 aliphatic heterocycles. The minimum atomic E-state index is -0.302. The fourth-order valence-corrected chi connectivity index (χ4v) is 3.89. The van der Waals surface area contributed by atoms with Crippen molar-refractivity contribution >= 4 is 22.5 Å². The van der Waals surface area contributed by atoms with Crippen LogP contribution < -0.4 is 10.6 Å². The summed E-state index contributed by atoms with van der Waals surface area (Å²) < 4.78 is 5.81. The fourth-order valence-electron chi connectivity index (χ4n) is 3.12. The first-order valence-electron chi connectivity index (χ1n) is 8.88. The number of rotatable bonds is 5. The summed E-state index contributed by atoms with van der Waals surface area (Å²) in [6, 6.07) is 18.0. The van der Waals surface area contributed by atoms with Crippen molar-refractivity contribution in [2.24, 2.45) is 0 Å². The van der Waals surface area contributed by atoms with E-state index in [-0.39, 0.29) is 12.1 Å². The lowest BCUT2D eigenvalue weighted by molar-refractivity contribution is 0.0444. The van der Waals surface area contributed by atoms with Crippen LogP contribution in [0.4, 0.5) is 9.93 Å². The molecule has 0 saturated heterocycles. The molecule has 7 heteroatoms. The Balaban J connectivity index is 1.30. The molecule has 0 radical (unpaired) electrons. The number of fused-ring (bicyclic) bond motifs is 1. The molecule has 2 heterocycles. The molecule has 0 fully saturated rings. The van der Waals surface area contributed by atoms with Crippen molar-refractivity contribution in [1.82, 2.24) is 15.5 Å². The van der Waals surface area contributed by atoms with Crippen LogP contribution in [0.15, 0.2) is 54.6 Å². The van der Waals surface area contributed by atoms with Gasteiger partial charge >= 0.3 is 6.03 Å². The van der Waals surface area contributed by atoms with Crippen LogP contribution in [0.5, 0.6) is 0 Å². The molecule has 1 atom stereocenters. The maximum absolute atomic E-state index is 12.2. The Morgan fingerprint density at radius 2 is 1.93 bits per heavy atom. The Morgan fingerprint density at radius 3 is 2.81 bits per heavy atom. The molecule has 2 aromatic carbocycles. The van der Waals surface area contributed by atoms with Gasteiger partial charge in [0.05, 0.1) is 6.61 Å². The molecule has 2 amide bonds. The third kappa shape index (κ3) is 4.50. The SMILES string of the molecule is O=C(NC[C@H]1OCCc2ccccc21)Nc1nnc(Cc2ccccc2)s1. The number of ether oxygens (including phenoxy) is 1. The van der Waals surface area contributed by atoms with E-state index in [1.54, 1.807) is 0 Å². The largest absolute Gasteiger partial charge is 0.371 e. The second-order valence-corrected chi connectivity index (χ2v) is 7.37. The zero-order valence-electron chi connectivity index (χ0n) is 14.7. The lowest BCUT2D eigenvalue weighted by Crippen LogP contribution is -2.34. The third-order valence-corrected chi connectivity index (χ3v) is 5.26. The third-order valence-electron chi connectivity index (χ3n) is 4.43. The Bertz CT molecular complexity index is 913. The molecule has 0 bridgehead atoms. The van der Waals surface area contributed by atoms with Crippen molar-refractivity contribution in [3.63, 3.8) is 0 Å². The van der Waals surface area contributed by atoms with Crippen molar-refractivity contribution in [3.8, 4) is 0 Å². The van der Waals surface area contributed by atoms with Crippen LogP contribution in [-0.2, 0) is 17.6 Å². The van der Waals surface area contributed by atoms with E-state index in [1.807, 2.05) is 42.5 Å². The van der Waals surface area contributed by atoms with E-state index in [2.05, 4.69) is 33.0 Å².